The van der Waals surface area contributed by atoms with Gasteiger partial charge in [0.15, 0.2) is 0 Å². The summed E-state index contributed by atoms with van der Waals surface area (Å²) in [6.45, 7) is 5.84. The van der Waals surface area contributed by atoms with Crippen molar-refractivity contribution in [2.45, 2.75) is 26.7 Å². The van der Waals surface area contributed by atoms with Gasteiger partial charge < -0.3 is 10.2 Å². The maximum absolute atomic E-state index is 12.5. The van der Waals surface area contributed by atoms with Crippen LogP contribution in [0.4, 0.5) is 11.5 Å². The average molecular weight is 310 g/mol. The molecule has 120 valence electrons. The highest BCUT2D eigenvalue weighted by Gasteiger charge is 2.23. The maximum atomic E-state index is 12.5. The van der Waals surface area contributed by atoms with Crippen LogP contribution in [-0.2, 0) is 0 Å². The fourth-order valence-corrected chi connectivity index (χ4v) is 2.89. The van der Waals surface area contributed by atoms with E-state index in [1.807, 2.05) is 36.1 Å². The number of amides is 1. The Balaban J connectivity index is 1.69. The van der Waals surface area contributed by atoms with E-state index in [4.69, 9.17) is 0 Å². The Bertz CT molecular complexity index is 684. The van der Waals surface area contributed by atoms with Crippen LogP contribution in [0.1, 0.15) is 35.8 Å². The van der Waals surface area contributed by atoms with E-state index in [0.29, 0.717) is 17.4 Å². The van der Waals surface area contributed by atoms with Gasteiger partial charge in [-0.05, 0) is 37.3 Å². The van der Waals surface area contributed by atoms with Crippen molar-refractivity contribution in [1.82, 2.24) is 14.9 Å². The number of likely N-dealkylation sites (tertiary alicyclic amines) is 1. The van der Waals surface area contributed by atoms with E-state index in [1.165, 1.54) is 6.42 Å². The number of nitrogens with zero attached hydrogens (tertiary/aromatic N) is 3. The Labute approximate surface area is 136 Å². The SMILES string of the molecule is Cc1ccccc1Nc1cnc(C(=O)N2CCCC(C)C2)cn1. The molecule has 1 atom stereocenters. The van der Waals surface area contributed by atoms with Gasteiger partial charge in [-0.2, -0.15) is 0 Å². The molecule has 1 N–H and O–H groups in total. The van der Waals surface area contributed by atoms with Crippen molar-refractivity contribution in [3.63, 3.8) is 0 Å². The second kappa shape index (κ2) is 6.77. The highest BCUT2D eigenvalue weighted by Crippen LogP contribution is 2.19. The standard InChI is InChI=1S/C18H22N4O/c1-13-6-5-9-22(12-13)18(23)16-10-20-17(11-19-16)21-15-8-4-3-7-14(15)2/h3-4,7-8,10-11,13H,5-6,9,12H2,1-2H3,(H,20,21). The topological polar surface area (TPSA) is 58.1 Å². The lowest BCUT2D eigenvalue weighted by Gasteiger charge is -2.30. The summed E-state index contributed by atoms with van der Waals surface area (Å²) in [5.41, 5.74) is 2.54. The van der Waals surface area contributed by atoms with Gasteiger partial charge in [-0.1, -0.05) is 25.1 Å². The van der Waals surface area contributed by atoms with Crippen molar-refractivity contribution in [1.29, 1.82) is 0 Å². The molecule has 1 aliphatic heterocycles. The number of piperidine rings is 1. The number of nitrogens with one attached hydrogen (secondary N) is 1. The van der Waals surface area contributed by atoms with Crippen LogP contribution in [-0.4, -0.2) is 33.9 Å². The third-order valence-corrected chi connectivity index (χ3v) is 4.22. The van der Waals surface area contributed by atoms with E-state index in [1.54, 1.807) is 12.4 Å². The Kier molecular flexibility index (Phi) is 4.55. The van der Waals surface area contributed by atoms with Gasteiger partial charge in [0.2, 0.25) is 0 Å². The van der Waals surface area contributed by atoms with Crippen LogP contribution in [0.3, 0.4) is 0 Å². The lowest BCUT2D eigenvalue weighted by molar-refractivity contribution is 0.0676. The van der Waals surface area contributed by atoms with Gasteiger partial charge in [-0.3, -0.25) is 4.79 Å². The molecule has 0 bridgehead atoms. The number of carbonyl (C=O) groups excluding carboxylic acids is 1. The van der Waals surface area contributed by atoms with Gasteiger partial charge in [0.1, 0.15) is 11.5 Å². The van der Waals surface area contributed by atoms with E-state index in [9.17, 15) is 4.79 Å². The highest BCUT2D eigenvalue weighted by atomic mass is 16.2. The fraction of sp³-hybridized carbons (Fsp3) is 0.389. The molecule has 1 saturated heterocycles. The first-order valence-corrected chi connectivity index (χ1v) is 8.07. The van der Waals surface area contributed by atoms with Crippen molar-refractivity contribution in [2.75, 3.05) is 18.4 Å². The summed E-state index contributed by atoms with van der Waals surface area (Å²) in [6.07, 6.45) is 5.43. The van der Waals surface area contributed by atoms with Crippen LogP contribution < -0.4 is 5.32 Å². The molecule has 1 aromatic carbocycles. The summed E-state index contributed by atoms with van der Waals surface area (Å²) in [4.78, 5) is 23.0. The molecular weight excluding hydrogens is 288 g/mol. The third kappa shape index (κ3) is 3.67. The van der Waals surface area contributed by atoms with E-state index in [-0.39, 0.29) is 5.91 Å². The first kappa shape index (κ1) is 15.5. The minimum Gasteiger partial charge on any atom is -0.339 e. The van der Waals surface area contributed by atoms with Crippen LogP contribution in [0, 0.1) is 12.8 Å². The van der Waals surface area contributed by atoms with Crippen LogP contribution in [0.25, 0.3) is 0 Å². The molecule has 2 heterocycles. The van der Waals surface area contributed by atoms with Gasteiger partial charge in [0.25, 0.3) is 5.91 Å². The number of hydrogen-bond acceptors (Lipinski definition) is 4. The predicted molar refractivity (Wildman–Crippen MR) is 90.8 cm³/mol. The molecule has 0 spiro atoms. The van der Waals surface area contributed by atoms with Crippen molar-refractivity contribution in [3.05, 3.63) is 47.9 Å². The van der Waals surface area contributed by atoms with E-state index in [2.05, 4.69) is 22.2 Å². The predicted octanol–water partition coefficient (Wildman–Crippen LogP) is 3.40. The van der Waals surface area contributed by atoms with Crippen molar-refractivity contribution >= 4 is 17.4 Å². The molecule has 0 saturated carbocycles. The fourth-order valence-electron chi connectivity index (χ4n) is 2.89. The molecule has 5 heteroatoms. The van der Waals surface area contributed by atoms with Crippen molar-refractivity contribution in [3.8, 4) is 0 Å². The average Bonchev–Trinajstić information content (AvgIpc) is 2.57. The van der Waals surface area contributed by atoms with E-state index >= 15 is 0 Å². The summed E-state index contributed by atoms with van der Waals surface area (Å²) < 4.78 is 0. The first-order valence-electron chi connectivity index (χ1n) is 8.07. The summed E-state index contributed by atoms with van der Waals surface area (Å²) in [6, 6.07) is 7.99. The Morgan fingerprint density at radius 1 is 1.26 bits per heavy atom. The number of aryl methyl sites for hydroxylation is 1. The zero-order valence-corrected chi connectivity index (χ0v) is 13.6. The van der Waals surface area contributed by atoms with Gasteiger partial charge in [0, 0.05) is 18.8 Å². The summed E-state index contributed by atoms with van der Waals surface area (Å²) in [7, 11) is 0. The molecule has 5 nitrogen and oxygen atoms in total. The number of hydrogen-bond donors (Lipinski definition) is 1. The van der Waals surface area contributed by atoms with Crippen molar-refractivity contribution < 1.29 is 4.79 Å². The number of para-hydroxylation sites is 1. The molecule has 3 rings (SSSR count). The zero-order valence-electron chi connectivity index (χ0n) is 13.6. The van der Waals surface area contributed by atoms with E-state index < -0.39 is 0 Å². The quantitative estimate of drug-likeness (QED) is 0.944. The third-order valence-electron chi connectivity index (χ3n) is 4.22. The monoisotopic (exact) mass is 310 g/mol. The van der Waals surface area contributed by atoms with Crippen molar-refractivity contribution in [2.24, 2.45) is 5.92 Å². The number of aromatic nitrogens is 2. The molecule has 1 fully saturated rings. The molecule has 2 aromatic rings. The largest absolute Gasteiger partial charge is 0.339 e. The lowest BCUT2D eigenvalue weighted by atomic mass is 10.0. The summed E-state index contributed by atoms with van der Waals surface area (Å²) >= 11 is 0. The highest BCUT2D eigenvalue weighted by molar-refractivity contribution is 5.92. The van der Waals surface area contributed by atoms with E-state index in [0.717, 1.165) is 30.8 Å². The smallest absolute Gasteiger partial charge is 0.274 e. The molecule has 0 aliphatic carbocycles. The number of rotatable bonds is 3. The molecule has 1 amide bonds. The van der Waals surface area contributed by atoms with Crippen LogP contribution in [0.5, 0.6) is 0 Å². The molecule has 1 aliphatic rings. The van der Waals surface area contributed by atoms with Gasteiger partial charge in [-0.15, -0.1) is 0 Å². The Morgan fingerprint density at radius 2 is 2.09 bits per heavy atom. The van der Waals surface area contributed by atoms with Gasteiger partial charge in [-0.25, -0.2) is 9.97 Å². The van der Waals surface area contributed by atoms with Crippen LogP contribution in [0.2, 0.25) is 0 Å². The minimum atomic E-state index is -0.0218. The lowest BCUT2D eigenvalue weighted by Crippen LogP contribution is -2.39. The molecular formula is C18H22N4O. The molecule has 0 radical (unpaired) electrons. The maximum Gasteiger partial charge on any atom is 0.274 e. The molecule has 1 unspecified atom stereocenters. The van der Waals surface area contributed by atoms with Gasteiger partial charge >= 0.3 is 0 Å². The van der Waals surface area contributed by atoms with Gasteiger partial charge in [0.05, 0.1) is 12.4 Å². The molecule has 23 heavy (non-hydrogen) atoms. The first-order chi connectivity index (χ1) is 11.1. The minimum absolute atomic E-state index is 0.0218. The number of anilines is 2. The van der Waals surface area contributed by atoms with Crippen LogP contribution >= 0.6 is 0 Å². The number of benzene rings is 1. The second-order valence-electron chi connectivity index (χ2n) is 6.23. The van der Waals surface area contributed by atoms with Crippen LogP contribution in [0.15, 0.2) is 36.7 Å². The Hall–Kier alpha value is -2.43. The summed E-state index contributed by atoms with van der Waals surface area (Å²) in [5.74, 6) is 1.18. The normalized spacial score (nSPS) is 17.8. The Morgan fingerprint density at radius 3 is 2.78 bits per heavy atom. The second-order valence-corrected chi connectivity index (χ2v) is 6.23. The molecule has 1 aromatic heterocycles. The summed E-state index contributed by atoms with van der Waals surface area (Å²) in [5, 5.41) is 3.23. The zero-order chi connectivity index (χ0) is 16.2. The number of carbonyl (C=O) groups is 1.